The van der Waals surface area contributed by atoms with Gasteiger partial charge in [-0.1, -0.05) is 0 Å². The van der Waals surface area contributed by atoms with Crippen LogP contribution in [0.3, 0.4) is 0 Å². The smallest absolute Gasteiger partial charge is 0.257 e. The van der Waals surface area contributed by atoms with E-state index in [2.05, 4.69) is 10.3 Å². The number of nitrogens with zero attached hydrogens (tertiary/aromatic N) is 1. The van der Waals surface area contributed by atoms with E-state index in [4.69, 9.17) is 4.74 Å². The van der Waals surface area contributed by atoms with Gasteiger partial charge in [-0.05, 0) is 24.3 Å². The summed E-state index contributed by atoms with van der Waals surface area (Å²) in [6, 6.07) is 6.39. The number of ether oxygens (including phenoxy) is 1. The van der Waals surface area contributed by atoms with Crippen LogP contribution in [0.15, 0.2) is 36.5 Å². The van der Waals surface area contributed by atoms with Gasteiger partial charge in [-0.15, -0.1) is 0 Å². The molecule has 1 heterocycles. The van der Waals surface area contributed by atoms with Gasteiger partial charge < -0.3 is 10.1 Å². The van der Waals surface area contributed by atoms with E-state index in [1.54, 1.807) is 0 Å². The summed E-state index contributed by atoms with van der Waals surface area (Å²) in [6.45, 7) is 0. The molecule has 0 aliphatic carbocycles. The van der Waals surface area contributed by atoms with E-state index in [1.807, 2.05) is 0 Å². The molecule has 1 N–H and O–H groups in total. The molecule has 0 saturated carbocycles. The van der Waals surface area contributed by atoms with Gasteiger partial charge in [-0.3, -0.25) is 4.79 Å². The maximum absolute atomic E-state index is 13.4. The molecule has 19 heavy (non-hydrogen) atoms. The highest BCUT2D eigenvalue weighted by Crippen LogP contribution is 2.20. The number of hydrogen-bond donors (Lipinski definition) is 1. The Morgan fingerprint density at radius 2 is 2.05 bits per heavy atom. The lowest BCUT2D eigenvalue weighted by Crippen LogP contribution is -2.12. The van der Waals surface area contributed by atoms with E-state index < -0.39 is 17.7 Å². The van der Waals surface area contributed by atoms with Crippen molar-refractivity contribution in [3.8, 4) is 5.75 Å². The second-order valence-electron chi connectivity index (χ2n) is 3.67. The number of carbonyl (C=O) groups is 1. The number of amides is 1. The molecule has 0 radical (unpaired) electrons. The Hall–Kier alpha value is -2.50. The minimum atomic E-state index is -0.674. The second kappa shape index (κ2) is 5.43. The van der Waals surface area contributed by atoms with Crippen molar-refractivity contribution in [2.24, 2.45) is 0 Å². The third-order valence-corrected chi connectivity index (χ3v) is 2.40. The molecule has 6 heteroatoms. The normalized spacial score (nSPS) is 10.1. The van der Waals surface area contributed by atoms with Crippen molar-refractivity contribution in [1.82, 2.24) is 4.98 Å². The zero-order valence-corrected chi connectivity index (χ0v) is 9.98. The molecular formula is C13H10F2N2O2. The maximum Gasteiger partial charge on any atom is 0.257 e. The van der Waals surface area contributed by atoms with Crippen LogP contribution in [0.1, 0.15) is 10.4 Å². The second-order valence-corrected chi connectivity index (χ2v) is 3.67. The Kier molecular flexibility index (Phi) is 3.70. The Morgan fingerprint density at radius 1 is 1.26 bits per heavy atom. The number of halogens is 2. The minimum absolute atomic E-state index is 0.0847. The van der Waals surface area contributed by atoms with E-state index >= 15 is 0 Å². The number of rotatable bonds is 3. The van der Waals surface area contributed by atoms with Crippen LogP contribution in [-0.4, -0.2) is 18.0 Å². The third kappa shape index (κ3) is 3.04. The number of aromatic nitrogens is 1. The number of anilines is 1. The Bertz CT molecular complexity index is 600. The first-order valence-electron chi connectivity index (χ1n) is 5.36. The maximum atomic E-state index is 13.4. The average molecular weight is 264 g/mol. The zero-order valence-electron chi connectivity index (χ0n) is 9.98. The molecular weight excluding hydrogens is 254 g/mol. The number of hydrogen-bond acceptors (Lipinski definition) is 3. The van der Waals surface area contributed by atoms with E-state index in [0.717, 1.165) is 18.3 Å². The third-order valence-electron chi connectivity index (χ3n) is 2.40. The first kappa shape index (κ1) is 12.9. The number of methoxy groups -OCH3 is 1. The quantitative estimate of drug-likeness (QED) is 0.867. The average Bonchev–Trinajstić information content (AvgIpc) is 2.39. The number of nitrogens with one attached hydrogen (secondary N) is 1. The summed E-state index contributed by atoms with van der Waals surface area (Å²) in [5, 5.41) is 2.47. The molecule has 1 amide bonds. The van der Waals surface area contributed by atoms with Gasteiger partial charge in [0.25, 0.3) is 5.91 Å². The Labute approximate surface area is 108 Å². The predicted octanol–water partition coefficient (Wildman–Crippen LogP) is 2.62. The summed E-state index contributed by atoms with van der Waals surface area (Å²) in [5.74, 6) is -1.68. The van der Waals surface area contributed by atoms with Gasteiger partial charge in [0.15, 0.2) is 11.6 Å². The summed E-state index contributed by atoms with van der Waals surface area (Å²) in [6.07, 6.45) is 1.10. The molecule has 0 spiro atoms. The van der Waals surface area contributed by atoms with E-state index in [0.29, 0.717) is 0 Å². The van der Waals surface area contributed by atoms with Gasteiger partial charge in [0.2, 0.25) is 5.95 Å². The molecule has 0 fully saturated rings. The summed E-state index contributed by atoms with van der Waals surface area (Å²) in [4.78, 5) is 15.1. The first-order valence-corrected chi connectivity index (χ1v) is 5.36. The van der Waals surface area contributed by atoms with E-state index in [-0.39, 0.29) is 17.0 Å². The fraction of sp³-hybridized carbons (Fsp3) is 0.0769. The first-order chi connectivity index (χ1) is 9.10. The number of carbonyl (C=O) groups excluding carboxylic acids is 1. The van der Waals surface area contributed by atoms with Crippen LogP contribution in [0.5, 0.6) is 5.75 Å². The van der Waals surface area contributed by atoms with Gasteiger partial charge in [-0.2, -0.15) is 4.39 Å². The van der Waals surface area contributed by atoms with Crippen molar-refractivity contribution in [2.45, 2.75) is 0 Å². The molecule has 98 valence electrons. The fourth-order valence-corrected chi connectivity index (χ4v) is 1.46. The number of pyridine rings is 1. The molecule has 2 aromatic rings. The van der Waals surface area contributed by atoms with Crippen molar-refractivity contribution in [2.75, 3.05) is 12.4 Å². The van der Waals surface area contributed by atoms with Gasteiger partial charge in [0.05, 0.1) is 12.7 Å². The highest BCUT2D eigenvalue weighted by atomic mass is 19.1. The number of benzene rings is 1. The van der Waals surface area contributed by atoms with Gasteiger partial charge >= 0.3 is 0 Å². The van der Waals surface area contributed by atoms with Crippen LogP contribution in [0.25, 0.3) is 0 Å². The van der Waals surface area contributed by atoms with Crippen LogP contribution in [0.2, 0.25) is 0 Å². The van der Waals surface area contributed by atoms with Crippen molar-refractivity contribution in [1.29, 1.82) is 0 Å². The molecule has 0 aliphatic rings. The lowest BCUT2D eigenvalue weighted by atomic mass is 10.2. The molecule has 0 aliphatic heterocycles. The highest BCUT2D eigenvalue weighted by Gasteiger charge is 2.09. The fourth-order valence-electron chi connectivity index (χ4n) is 1.46. The zero-order chi connectivity index (χ0) is 13.8. The molecule has 4 nitrogen and oxygen atoms in total. The summed E-state index contributed by atoms with van der Waals surface area (Å²) in [5.41, 5.74) is 0.449. The molecule has 0 bridgehead atoms. The Balaban J connectivity index is 2.14. The highest BCUT2D eigenvalue weighted by molar-refractivity contribution is 6.04. The summed E-state index contributed by atoms with van der Waals surface area (Å²) in [7, 11) is 1.35. The predicted molar refractivity (Wildman–Crippen MR) is 65.1 cm³/mol. The van der Waals surface area contributed by atoms with Crippen molar-refractivity contribution >= 4 is 11.6 Å². The van der Waals surface area contributed by atoms with Gasteiger partial charge in [-0.25, -0.2) is 9.37 Å². The SMILES string of the molecule is COc1ccc(NC(=O)c2ccc(F)nc2)cc1F. The lowest BCUT2D eigenvalue weighted by Gasteiger charge is -2.07. The van der Waals surface area contributed by atoms with Crippen LogP contribution < -0.4 is 10.1 Å². The molecule has 0 unspecified atom stereocenters. The van der Waals surface area contributed by atoms with E-state index in [9.17, 15) is 13.6 Å². The van der Waals surface area contributed by atoms with Gasteiger partial charge in [0, 0.05) is 18.0 Å². The monoisotopic (exact) mass is 264 g/mol. The van der Waals surface area contributed by atoms with E-state index in [1.165, 1.54) is 25.3 Å². The molecule has 1 aromatic carbocycles. The molecule has 0 saturated heterocycles. The largest absolute Gasteiger partial charge is 0.494 e. The summed E-state index contributed by atoms with van der Waals surface area (Å²) >= 11 is 0. The molecule has 1 aromatic heterocycles. The summed E-state index contributed by atoms with van der Waals surface area (Å²) < 4.78 is 30.8. The van der Waals surface area contributed by atoms with Crippen LogP contribution in [-0.2, 0) is 0 Å². The van der Waals surface area contributed by atoms with Crippen molar-refractivity contribution in [3.63, 3.8) is 0 Å². The van der Waals surface area contributed by atoms with Gasteiger partial charge in [0.1, 0.15) is 0 Å². The standard InChI is InChI=1S/C13H10F2N2O2/c1-19-11-4-3-9(6-10(11)14)17-13(18)8-2-5-12(15)16-7-8/h2-7H,1H3,(H,17,18). The Morgan fingerprint density at radius 3 is 2.63 bits per heavy atom. The topological polar surface area (TPSA) is 51.2 Å². The molecule has 2 rings (SSSR count). The molecule has 0 atom stereocenters. The van der Waals surface area contributed by atoms with Crippen LogP contribution in [0.4, 0.5) is 14.5 Å². The van der Waals surface area contributed by atoms with Crippen LogP contribution in [0, 0.1) is 11.8 Å². The van der Waals surface area contributed by atoms with Crippen LogP contribution >= 0.6 is 0 Å². The van der Waals surface area contributed by atoms with Crippen molar-refractivity contribution in [3.05, 3.63) is 53.9 Å². The lowest BCUT2D eigenvalue weighted by molar-refractivity contribution is 0.102. The minimum Gasteiger partial charge on any atom is -0.494 e. The van der Waals surface area contributed by atoms with Crippen molar-refractivity contribution < 1.29 is 18.3 Å².